The van der Waals surface area contributed by atoms with Crippen molar-refractivity contribution in [1.29, 1.82) is 0 Å². The second-order valence-electron chi connectivity index (χ2n) is 10.2. The number of benzene rings is 1. The predicted molar refractivity (Wildman–Crippen MR) is 151 cm³/mol. The molecular formula is C27H24F2IN7O4. The lowest BCUT2D eigenvalue weighted by molar-refractivity contribution is -0.763. The minimum absolute atomic E-state index is 0.0194. The molecule has 3 aromatic rings. The Balaban J connectivity index is 1.28. The largest absolute Gasteiger partial charge is 0.530 e. The number of quaternary nitrogens is 1. The van der Waals surface area contributed by atoms with Crippen molar-refractivity contribution in [2.45, 2.75) is 37.8 Å². The molecule has 3 aliphatic rings. The summed E-state index contributed by atoms with van der Waals surface area (Å²) in [5.74, 6) is -0.0956. The van der Waals surface area contributed by atoms with Crippen LogP contribution in [0.25, 0.3) is 16.7 Å². The Morgan fingerprint density at radius 3 is 2.71 bits per heavy atom. The van der Waals surface area contributed by atoms with Crippen molar-refractivity contribution in [3.8, 4) is 5.69 Å². The van der Waals surface area contributed by atoms with E-state index in [2.05, 4.69) is 32.6 Å². The standard InChI is InChI=1S/C27H24F2IN7O4/c28-16-10-22-24(31-12-16)36(21-3-1-2-17(30)11-21)26(39)37(25(22)38)20-6-4-19(5-7-20)35(27(40)41)14-18-13-33-15-34(29)9-8-23(33)32-18/h1-3,8-13,19-20H,4-7,14-15H2,(H,40,41). The molecule has 1 aromatic carbocycles. The normalized spacial score (nSPS) is 21.9. The highest BCUT2D eigenvalue weighted by atomic mass is 127. The van der Waals surface area contributed by atoms with Gasteiger partial charge in [0.1, 0.15) is 23.8 Å². The van der Waals surface area contributed by atoms with Gasteiger partial charge in [-0.15, -0.1) is 0 Å². The van der Waals surface area contributed by atoms with E-state index in [-0.39, 0.29) is 24.2 Å². The molecule has 1 saturated carbocycles. The first-order chi connectivity index (χ1) is 19.7. The number of pyridine rings is 1. The van der Waals surface area contributed by atoms with Crippen LogP contribution in [0.5, 0.6) is 0 Å². The number of aliphatic imine (C=N–C) groups is 1. The van der Waals surface area contributed by atoms with Gasteiger partial charge in [0.25, 0.3) is 5.56 Å². The fourth-order valence-electron chi connectivity index (χ4n) is 5.75. The van der Waals surface area contributed by atoms with Gasteiger partial charge in [-0.05, 0) is 72.5 Å². The maximum atomic E-state index is 14.2. The van der Waals surface area contributed by atoms with Crippen LogP contribution in [-0.4, -0.2) is 55.3 Å². The molecule has 212 valence electrons. The van der Waals surface area contributed by atoms with Gasteiger partial charge >= 0.3 is 5.69 Å². The summed E-state index contributed by atoms with van der Waals surface area (Å²) in [6.45, 7) is 0.0139. The Morgan fingerprint density at radius 1 is 1.20 bits per heavy atom. The smallest absolute Gasteiger partial charge is 0.337 e. The van der Waals surface area contributed by atoms with Crippen molar-refractivity contribution in [2.75, 3.05) is 13.2 Å². The number of amidine groups is 1. The van der Waals surface area contributed by atoms with Crippen LogP contribution in [0.4, 0.5) is 13.7 Å². The Morgan fingerprint density at radius 2 is 1.98 bits per heavy atom. The number of rotatable bonds is 5. The average molecular weight is 675 g/mol. The molecule has 1 fully saturated rings. The van der Waals surface area contributed by atoms with Gasteiger partial charge in [0.15, 0.2) is 12.3 Å². The number of amides is 1. The van der Waals surface area contributed by atoms with Crippen molar-refractivity contribution < 1.29 is 23.7 Å². The number of hydrogen-bond acceptors (Lipinski definition) is 7. The molecule has 6 rings (SSSR count). The molecule has 1 atom stereocenters. The number of nitrogens with one attached hydrogen (secondary N) is 1. The van der Waals surface area contributed by atoms with E-state index in [1.807, 2.05) is 6.07 Å². The number of halogens is 3. The van der Waals surface area contributed by atoms with Crippen LogP contribution in [0, 0.1) is 9.39 Å². The first kappa shape index (κ1) is 27.3. The van der Waals surface area contributed by atoms with Gasteiger partial charge in [-0.3, -0.25) is 9.36 Å². The summed E-state index contributed by atoms with van der Waals surface area (Å²) >= 11 is 2.12. The summed E-state index contributed by atoms with van der Waals surface area (Å²) in [6, 6.07) is 7.25. The average Bonchev–Trinajstić information content (AvgIpc) is 3.34. The molecule has 4 heterocycles. The third kappa shape index (κ3) is 5.16. The predicted octanol–water partition coefficient (Wildman–Crippen LogP) is 1.23. The summed E-state index contributed by atoms with van der Waals surface area (Å²) in [7, 11) is 0. The summed E-state index contributed by atoms with van der Waals surface area (Å²) in [4.78, 5) is 49.8. The second kappa shape index (κ2) is 10.8. The van der Waals surface area contributed by atoms with Crippen molar-refractivity contribution in [3.05, 3.63) is 90.9 Å². The first-order valence-electron chi connectivity index (χ1n) is 13.0. The maximum Gasteiger partial charge on any atom is 0.337 e. The topological polar surface area (TPSA) is 120 Å². The number of aromatic nitrogens is 3. The molecule has 1 aliphatic carbocycles. The molecule has 1 N–H and O–H groups in total. The molecule has 0 radical (unpaired) electrons. The molecule has 0 bridgehead atoms. The van der Waals surface area contributed by atoms with Crippen LogP contribution >= 0.6 is 22.6 Å². The number of nitrogens with zero attached hydrogens (tertiary/aromatic N) is 6. The van der Waals surface area contributed by atoms with Crippen LogP contribution < -0.4 is 21.3 Å². The highest BCUT2D eigenvalue weighted by molar-refractivity contribution is 14.1. The number of carboxylic acid groups (broad SMARTS) is 1. The minimum atomic E-state index is -1.36. The van der Waals surface area contributed by atoms with Gasteiger partial charge < -0.3 is 14.8 Å². The molecule has 2 aromatic heterocycles. The zero-order valence-corrected chi connectivity index (χ0v) is 23.7. The lowest BCUT2D eigenvalue weighted by Crippen LogP contribution is -3.11. The van der Waals surface area contributed by atoms with Crippen molar-refractivity contribution in [1.82, 2.24) is 24.1 Å². The quantitative estimate of drug-likeness (QED) is 0.321. The highest BCUT2D eigenvalue weighted by Gasteiger charge is 2.33. The summed E-state index contributed by atoms with van der Waals surface area (Å²) in [5, 5.41) is 12.6. The van der Waals surface area contributed by atoms with E-state index in [0.29, 0.717) is 52.9 Å². The molecule has 1 unspecified atom stereocenters. The summed E-state index contributed by atoms with van der Waals surface area (Å²) in [5.41, 5.74) is -0.188. The molecule has 41 heavy (non-hydrogen) atoms. The van der Waals surface area contributed by atoms with E-state index >= 15 is 0 Å². The molecule has 11 nitrogen and oxygen atoms in total. The lowest BCUT2D eigenvalue weighted by Gasteiger charge is -2.38. The van der Waals surface area contributed by atoms with Gasteiger partial charge in [-0.25, -0.2) is 23.6 Å². The Hall–Kier alpha value is -3.92. The van der Waals surface area contributed by atoms with E-state index in [0.717, 1.165) is 20.4 Å². The van der Waals surface area contributed by atoms with Crippen LogP contribution in [0.3, 0.4) is 0 Å². The zero-order valence-electron chi connectivity index (χ0n) is 21.5. The zero-order chi connectivity index (χ0) is 28.8. The van der Waals surface area contributed by atoms with Gasteiger partial charge in [0, 0.05) is 27.9 Å². The molecule has 0 spiro atoms. The minimum Gasteiger partial charge on any atom is -0.530 e. The molecule has 14 heteroatoms. The Kier molecular flexibility index (Phi) is 7.19. The Bertz CT molecular complexity index is 1760. The maximum absolute atomic E-state index is 14.2. The molecular weight excluding hydrogens is 651 g/mol. The van der Waals surface area contributed by atoms with Crippen LogP contribution in [-0.2, 0) is 0 Å². The fraction of sp³-hybridized carbons (Fsp3) is 0.296. The van der Waals surface area contributed by atoms with Crippen molar-refractivity contribution >= 4 is 45.6 Å². The van der Waals surface area contributed by atoms with E-state index < -0.39 is 35.2 Å². The molecule has 0 saturated heterocycles. The van der Waals surface area contributed by atoms with Crippen LogP contribution in [0.1, 0.15) is 31.7 Å². The SMILES string of the molecule is O=C([O-])N(CC1=C[NH+]2CN(F)C=CC2=N1)C1CCC(n2c(=O)c3cc(F)cnc3n(-c3cccc(I)c3)c2=O)CC1. The Labute approximate surface area is 245 Å². The van der Waals surface area contributed by atoms with E-state index in [9.17, 15) is 28.4 Å². The molecule has 1 amide bonds. The number of carbonyl (C=O) groups is 1. The number of hydrogen-bond donors (Lipinski definition) is 1. The summed E-state index contributed by atoms with van der Waals surface area (Å²) in [6.07, 6.45) is 5.51. The van der Waals surface area contributed by atoms with Gasteiger partial charge in [-0.1, -0.05) is 10.5 Å². The van der Waals surface area contributed by atoms with Crippen LogP contribution in [0.2, 0.25) is 0 Å². The lowest BCUT2D eigenvalue weighted by atomic mass is 9.90. The van der Waals surface area contributed by atoms with Gasteiger partial charge in [0.05, 0.1) is 23.8 Å². The van der Waals surface area contributed by atoms with Gasteiger partial charge in [0.2, 0.25) is 5.84 Å². The highest BCUT2D eigenvalue weighted by Crippen LogP contribution is 2.31. The van der Waals surface area contributed by atoms with Crippen molar-refractivity contribution in [3.63, 3.8) is 0 Å². The van der Waals surface area contributed by atoms with Gasteiger partial charge in [-0.2, -0.15) is 10.1 Å². The van der Waals surface area contributed by atoms with E-state index in [1.165, 1.54) is 21.7 Å². The van der Waals surface area contributed by atoms with E-state index in [4.69, 9.17) is 0 Å². The third-order valence-electron chi connectivity index (χ3n) is 7.65. The fourth-order valence-corrected chi connectivity index (χ4v) is 6.28. The summed E-state index contributed by atoms with van der Waals surface area (Å²) < 4.78 is 31.1. The monoisotopic (exact) mass is 675 g/mol. The van der Waals surface area contributed by atoms with E-state index in [1.54, 1.807) is 24.4 Å². The first-order valence-corrected chi connectivity index (χ1v) is 14.1. The molecule has 2 aliphatic heterocycles. The number of carbonyl (C=O) groups excluding carboxylic acids is 1. The van der Waals surface area contributed by atoms with Crippen molar-refractivity contribution in [2.24, 2.45) is 4.99 Å². The van der Waals surface area contributed by atoms with Crippen LogP contribution in [0.15, 0.2) is 75.3 Å². The second-order valence-corrected chi connectivity index (χ2v) is 11.4. The third-order valence-corrected chi connectivity index (χ3v) is 8.32. The number of fused-ring (bicyclic) bond motifs is 2.